The molecule has 3 aromatic rings. The Balaban J connectivity index is 1.77. The summed E-state index contributed by atoms with van der Waals surface area (Å²) >= 11 is 4.47. The number of rotatable bonds is 6. The number of methoxy groups -OCH3 is 1. The number of anilines is 1. The van der Waals surface area contributed by atoms with Crippen LogP contribution in [-0.2, 0) is 0 Å². The van der Waals surface area contributed by atoms with Crippen molar-refractivity contribution in [1.82, 2.24) is 9.36 Å². The van der Waals surface area contributed by atoms with E-state index in [9.17, 15) is 4.79 Å². The van der Waals surface area contributed by atoms with Gasteiger partial charge in [0, 0.05) is 27.1 Å². The molecule has 1 amide bonds. The smallest absolute Gasteiger partial charge is 0.257 e. The first kappa shape index (κ1) is 18.3. The minimum Gasteiger partial charge on any atom is -0.493 e. The molecule has 0 atom stereocenters. The van der Waals surface area contributed by atoms with Gasteiger partial charge in [0.2, 0.25) is 5.13 Å². The molecule has 0 spiro atoms. The molecule has 6 nitrogen and oxygen atoms in total. The molecule has 0 aliphatic rings. The summed E-state index contributed by atoms with van der Waals surface area (Å²) in [6, 6.07) is 12.6. The van der Waals surface area contributed by atoms with Crippen molar-refractivity contribution in [2.75, 3.05) is 19.0 Å². The average molecular weight is 434 g/mol. The van der Waals surface area contributed by atoms with Gasteiger partial charge in [-0.1, -0.05) is 15.9 Å². The van der Waals surface area contributed by atoms with Gasteiger partial charge in [0.1, 0.15) is 0 Å². The third kappa shape index (κ3) is 4.20. The highest BCUT2D eigenvalue weighted by Gasteiger charge is 2.13. The molecule has 26 heavy (non-hydrogen) atoms. The quantitative estimate of drug-likeness (QED) is 0.613. The standard InChI is InChI=1S/C18H16BrN3O3S/c1-3-25-14-9-6-12(10-15(14)24-2)16-20-18(26-22-16)21-17(23)11-4-7-13(19)8-5-11/h4-10H,3H2,1-2H3,(H,20,21,22,23). The Hall–Kier alpha value is -2.45. The number of nitrogens with one attached hydrogen (secondary N) is 1. The van der Waals surface area contributed by atoms with Gasteiger partial charge in [-0.2, -0.15) is 9.36 Å². The molecule has 0 radical (unpaired) electrons. The molecule has 1 N–H and O–H groups in total. The van der Waals surface area contributed by atoms with E-state index in [1.165, 1.54) is 0 Å². The van der Waals surface area contributed by atoms with Crippen molar-refractivity contribution >= 4 is 38.5 Å². The number of carbonyl (C=O) groups excluding carboxylic acids is 1. The van der Waals surface area contributed by atoms with Crippen molar-refractivity contribution in [3.8, 4) is 22.9 Å². The van der Waals surface area contributed by atoms with Gasteiger partial charge in [0.25, 0.3) is 5.91 Å². The summed E-state index contributed by atoms with van der Waals surface area (Å²) in [6.07, 6.45) is 0. The number of halogens is 1. The number of benzene rings is 2. The number of aromatic nitrogens is 2. The van der Waals surface area contributed by atoms with Crippen molar-refractivity contribution in [2.45, 2.75) is 6.92 Å². The lowest BCUT2D eigenvalue weighted by Crippen LogP contribution is -2.11. The van der Waals surface area contributed by atoms with E-state index in [1.54, 1.807) is 19.2 Å². The maximum atomic E-state index is 12.3. The monoisotopic (exact) mass is 433 g/mol. The van der Waals surface area contributed by atoms with E-state index in [4.69, 9.17) is 9.47 Å². The summed E-state index contributed by atoms with van der Waals surface area (Å²) in [4.78, 5) is 16.6. The SMILES string of the molecule is CCOc1ccc(-c2nsc(NC(=O)c3ccc(Br)cc3)n2)cc1OC. The third-order valence-electron chi connectivity index (χ3n) is 3.47. The zero-order valence-electron chi connectivity index (χ0n) is 14.2. The van der Waals surface area contributed by atoms with Crippen LogP contribution in [-0.4, -0.2) is 29.0 Å². The number of ether oxygens (including phenoxy) is 2. The Labute approximate surface area is 163 Å². The first-order chi connectivity index (χ1) is 12.6. The highest BCUT2D eigenvalue weighted by Crippen LogP contribution is 2.32. The first-order valence-electron chi connectivity index (χ1n) is 7.82. The third-order valence-corrected chi connectivity index (χ3v) is 4.63. The molecule has 0 aliphatic carbocycles. The molecule has 1 heterocycles. The summed E-state index contributed by atoms with van der Waals surface area (Å²) in [7, 11) is 1.58. The Morgan fingerprint density at radius 1 is 1.19 bits per heavy atom. The predicted octanol–water partition coefficient (Wildman–Crippen LogP) is 4.63. The van der Waals surface area contributed by atoms with Gasteiger partial charge in [-0.3, -0.25) is 10.1 Å². The molecule has 0 fully saturated rings. The Morgan fingerprint density at radius 3 is 2.65 bits per heavy atom. The number of carbonyl (C=O) groups is 1. The maximum absolute atomic E-state index is 12.3. The lowest BCUT2D eigenvalue weighted by atomic mass is 10.2. The highest BCUT2D eigenvalue weighted by atomic mass is 79.9. The Morgan fingerprint density at radius 2 is 1.96 bits per heavy atom. The van der Waals surface area contributed by atoms with Gasteiger partial charge < -0.3 is 9.47 Å². The van der Waals surface area contributed by atoms with Crippen molar-refractivity contribution in [3.63, 3.8) is 0 Å². The van der Waals surface area contributed by atoms with E-state index in [0.717, 1.165) is 21.6 Å². The number of amides is 1. The van der Waals surface area contributed by atoms with Gasteiger partial charge >= 0.3 is 0 Å². The predicted molar refractivity (Wildman–Crippen MR) is 105 cm³/mol. The molecule has 1 aromatic heterocycles. The molecular formula is C18H16BrN3O3S. The topological polar surface area (TPSA) is 73.3 Å². The van der Waals surface area contributed by atoms with Crippen molar-refractivity contribution < 1.29 is 14.3 Å². The van der Waals surface area contributed by atoms with Crippen LogP contribution < -0.4 is 14.8 Å². The summed E-state index contributed by atoms with van der Waals surface area (Å²) in [6.45, 7) is 2.46. The second-order valence-corrected chi connectivity index (χ2v) is 6.85. The molecule has 2 aromatic carbocycles. The van der Waals surface area contributed by atoms with Crippen LogP contribution >= 0.6 is 27.5 Å². The number of hydrogen-bond donors (Lipinski definition) is 1. The molecule has 0 saturated heterocycles. The fraction of sp³-hybridized carbons (Fsp3) is 0.167. The molecule has 0 aliphatic heterocycles. The van der Waals surface area contributed by atoms with Crippen LogP contribution in [0.1, 0.15) is 17.3 Å². The Kier molecular flexibility index (Phi) is 5.85. The molecular weight excluding hydrogens is 418 g/mol. The second kappa shape index (κ2) is 8.29. The molecule has 0 bridgehead atoms. The van der Waals surface area contributed by atoms with Crippen molar-refractivity contribution in [2.24, 2.45) is 0 Å². The van der Waals surface area contributed by atoms with Gasteiger partial charge in [0.05, 0.1) is 13.7 Å². The molecule has 134 valence electrons. The summed E-state index contributed by atoms with van der Waals surface area (Å²) in [5, 5.41) is 3.19. The van der Waals surface area contributed by atoms with E-state index in [2.05, 4.69) is 30.6 Å². The van der Waals surface area contributed by atoms with Crippen LogP contribution in [0, 0.1) is 0 Å². The summed E-state index contributed by atoms with van der Waals surface area (Å²) in [5.74, 6) is 1.56. The van der Waals surface area contributed by atoms with Gasteiger partial charge in [-0.05, 0) is 49.4 Å². The second-order valence-electron chi connectivity index (χ2n) is 5.18. The van der Waals surface area contributed by atoms with Crippen LogP contribution in [0.25, 0.3) is 11.4 Å². The Bertz CT molecular complexity index is 912. The van der Waals surface area contributed by atoms with Crippen LogP contribution in [0.2, 0.25) is 0 Å². The van der Waals surface area contributed by atoms with Gasteiger partial charge in [-0.25, -0.2) is 0 Å². The molecule has 0 saturated carbocycles. The number of hydrogen-bond acceptors (Lipinski definition) is 6. The molecule has 3 rings (SSSR count). The van der Waals surface area contributed by atoms with E-state index in [-0.39, 0.29) is 5.91 Å². The maximum Gasteiger partial charge on any atom is 0.257 e. The van der Waals surface area contributed by atoms with Crippen molar-refractivity contribution in [1.29, 1.82) is 0 Å². The van der Waals surface area contributed by atoms with Gasteiger partial charge in [-0.15, -0.1) is 0 Å². The molecule has 0 unspecified atom stereocenters. The van der Waals surface area contributed by atoms with E-state index in [1.807, 2.05) is 37.3 Å². The largest absolute Gasteiger partial charge is 0.493 e. The highest BCUT2D eigenvalue weighted by molar-refractivity contribution is 9.10. The van der Waals surface area contributed by atoms with E-state index < -0.39 is 0 Å². The molecule has 8 heteroatoms. The average Bonchev–Trinajstić information content (AvgIpc) is 3.11. The zero-order chi connectivity index (χ0) is 18.5. The van der Waals surface area contributed by atoms with E-state index >= 15 is 0 Å². The zero-order valence-corrected chi connectivity index (χ0v) is 16.6. The summed E-state index contributed by atoms with van der Waals surface area (Å²) < 4.78 is 16.1. The van der Waals surface area contributed by atoms with Crippen LogP contribution in [0.15, 0.2) is 46.9 Å². The fourth-order valence-electron chi connectivity index (χ4n) is 2.24. The van der Waals surface area contributed by atoms with Crippen LogP contribution in [0.4, 0.5) is 5.13 Å². The fourth-order valence-corrected chi connectivity index (χ4v) is 3.09. The van der Waals surface area contributed by atoms with Crippen LogP contribution in [0.5, 0.6) is 11.5 Å². The van der Waals surface area contributed by atoms with Crippen LogP contribution in [0.3, 0.4) is 0 Å². The number of nitrogens with zero attached hydrogens (tertiary/aromatic N) is 2. The minimum absolute atomic E-state index is 0.232. The van der Waals surface area contributed by atoms with Crippen molar-refractivity contribution in [3.05, 3.63) is 52.5 Å². The van der Waals surface area contributed by atoms with E-state index in [0.29, 0.717) is 34.6 Å². The lowest BCUT2D eigenvalue weighted by molar-refractivity contribution is 0.102. The van der Waals surface area contributed by atoms with Gasteiger partial charge in [0.15, 0.2) is 17.3 Å². The summed E-state index contributed by atoms with van der Waals surface area (Å²) in [5.41, 5.74) is 1.33. The first-order valence-corrected chi connectivity index (χ1v) is 9.39. The minimum atomic E-state index is -0.232. The normalized spacial score (nSPS) is 10.4. The lowest BCUT2D eigenvalue weighted by Gasteiger charge is -2.09.